The van der Waals surface area contributed by atoms with Gasteiger partial charge in [0, 0.05) is 5.56 Å². The molecule has 140 valence electrons. The van der Waals surface area contributed by atoms with E-state index in [9.17, 15) is 9.59 Å². The van der Waals surface area contributed by atoms with E-state index in [4.69, 9.17) is 0 Å². The van der Waals surface area contributed by atoms with Crippen molar-refractivity contribution < 1.29 is 9.59 Å². The summed E-state index contributed by atoms with van der Waals surface area (Å²) in [6.07, 6.45) is 1.66. The van der Waals surface area contributed by atoms with E-state index < -0.39 is 6.04 Å². The van der Waals surface area contributed by atoms with Gasteiger partial charge in [-0.15, -0.1) is 0 Å². The molecule has 0 aliphatic heterocycles. The van der Waals surface area contributed by atoms with E-state index in [0.717, 1.165) is 11.1 Å². The number of hydrogen-bond acceptors (Lipinski definition) is 3. The SMILES string of the molecule is O=C(C[C@@H](NC(=O)c1ccccc1)c1ccccc1)N/N=C\c1ccccc1. The van der Waals surface area contributed by atoms with Crippen molar-refractivity contribution in [3.05, 3.63) is 108 Å². The lowest BCUT2D eigenvalue weighted by Gasteiger charge is -2.18. The Morgan fingerprint density at radius 3 is 2.04 bits per heavy atom. The minimum atomic E-state index is -0.458. The van der Waals surface area contributed by atoms with Gasteiger partial charge in [0.2, 0.25) is 5.91 Å². The Kier molecular flexibility index (Phi) is 6.68. The lowest BCUT2D eigenvalue weighted by atomic mass is 10.0. The van der Waals surface area contributed by atoms with Crippen LogP contribution in [-0.4, -0.2) is 18.0 Å². The molecule has 0 aliphatic rings. The van der Waals surface area contributed by atoms with Gasteiger partial charge >= 0.3 is 0 Å². The molecule has 2 amide bonds. The van der Waals surface area contributed by atoms with E-state index in [0.29, 0.717) is 5.56 Å². The molecule has 0 saturated heterocycles. The average molecular weight is 371 g/mol. The molecule has 5 heteroatoms. The van der Waals surface area contributed by atoms with Crippen LogP contribution in [0.15, 0.2) is 96.1 Å². The second-order valence-electron chi connectivity index (χ2n) is 6.21. The summed E-state index contributed by atoms with van der Waals surface area (Å²) >= 11 is 0. The van der Waals surface area contributed by atoms with Crippen LogP contribution in [0.3, 0.4) is 0 Å². The third-order valence-corrected chi connectivity index (χ3v) is 4.14. The molecule has 0 spiro atoms. The third kappa shape index (κ3) is 5.64. The van der Waals surface area contributed by atoms with Crippen molar-refractivity contribution >= 4 is 18.0 Å². The van der Waals surface area contributed by atoms with Crippen molar-refractivity contribution in [3.8, 4) is 0 Å². The summed E-state index contributed by atoms with van der Waals surface area (Å²) in [5.74, 6) is -0.510. The average Bonchev–Trinajstić information content (AvgIpc) is 2.75. The lowest BCUT2D eigenvalue weighted by Crippen LogP contribution is -2.32. The second-order valence-corrected chi connectivity index (χ2v) is 6.21. The maximum Gasteiger partial charge on any atom is 0.251 e. The van der Waals surface area contributed by atoms with Gasteiger partial charge in [-0.05, 0) is 23.3 Å². The van der Waals surface area contributed by atoms with E-state index in [1.165, 1.54) is 0 Å². The van der Waals surface area contributed by atoms with E-state index in [1.54, 1.807) is 30.5 Å². The molecule has 0 saturated carbocycles. The first kappa shape index (κ1) is 19.0. The van der Waals surface area contributed by atoms with Crippen molar-refractivity contribution in [1.82, 2.24) is 10.7 Å². The number of nitrogens with one attached hydrogen (secondary N) is 2. The second kappa shape index (κ2) is 9.83. The number of hydrogen-bond donors (Lipinski definition) is 2. The number of hydrazone groups is 1. The van der Waals surface area contributed by atoms with Crippen LogP contribution in [0.4, 0.5) is 0 Å². The Balaban J connectivity index is 1.66. The van der Waals surface area contributed by atoms with Gasteiger partial charge in [-0.25, -0.2) is 5.43 Å². The summed E-state index contributed by atoms with van der Waals surface area (Å²) in [4.78, 5) is 24.9. The molecule has 0 unspecified atom stereocenters. The summed E-state index contributed by atoms with van der Waals surface area (Å²) in [5.41, 5.74) is 4.81. The zero-order valence-electron chi connectivity index (χ0n) is 15.3. The maximum atomic E-state index is 12.5. The van der Waals surface area contributed by atoms with E-state index in [1.807, 2.05) is 66.7 Å². The third-order valence-electron chi connectivity index (χ3n) is 4.14. The normalized spacial score (nSPS) is 11.7. The van der Waals surface area contributed by atoms with Crippen LogP contribution in [0.5, 0.6) is 0 Å². The van der Waals surface area contributed by atoms with Crippen LogP contribution in [0.2, 0.25) is 0 Å². The molecular formula is C23H21N3O2. The molecule has 0 bridgehead atoms. The molecule has 3 aromatic rings. The predicted octanol–water partition coefficient (Wildman–Crippen LogP) is 3.70. The van der Waals surface area contributed by atoms with Crippen LogP contribution >= 0.6 is 0 Å². The van der Waals surface area contributed by atoms with Crippen LogP contribution in [0, 0.1) is 0 Å². The molecule has 0 radical (unpaired) electrons. The van der Waals surface area contributed by atoms with E-state index in [2.05, 4.69) is 15.8 Å². The minimum Gasteiger partial charge on any atom is -0.345 e. The molecule has 2 N–H and O–H groups in total. The van der Waals surface area contributed by atoms with Crippen molar-refractivity contribution in [3.63, 3.8) is 0 Å². The van der Waals surface area contributed by atoms with Crippen molar-refractivity contribution in [2.24, 2.45) is 5.10 Å². The number of benzene rings is 3. The fourth-order valence-electron chi connectivity index (χ4n) is 2.72. The quantitative estimate of drug-likeness (QED) is 0.491. The summed E-state index contributed by atoms with van der Waals surface area (Å²) in [7, 11) is 0. The van der Waals surface area contributed by atoms with Crippen molar-refractivity contribution in [2.75, 3.05) is 0 Å². The van der Waals surface area contributed by atoms with Crippen molar-refractivity contribution in [1.29, 1.82) is 0 Å². The Hall–Kier alpha value is -3.73. The van der Waals surface area contributed by atoms with Gasteiger partial charge in [-0.2, -0.15) is 5.10 Å². The fraction of sp³-hybridized carbons (Fsp3) is 0.0870. The summed E-state index contributed by atoms with van der Waals surface area (Å²) in [6.45, 7) is 0. The van der Waals surface area contributed by atoms with Gasteiger partial charge in [0.15, 0.2) is 0 Å². The molecule has 0 fully saturated rings. The molecule has 0 aromatic heterocycles. The topological polar surface area (TPSA) is 70.6 Å². The number of carbonyl (C=O) groups is 2. The van der Waals surface area contributed by atoms with E-state index >= 15 is 0 Å². The standard InChI is InChI=1S/C23H21N3O2/c27-22(26-24-17-18-10-4-1-5-11-18)16-21(19-12-6-2-7-13-19)25-23(28)20-14-8-3-9-15-20/h1-15,17,21H,16H2,(H,25,28)(H,26,27)/b24-17-/t21-/m1/s1. The van der Waals surface area contributed by atoms with Crippen LogP contribution < -0.4 is 10.7 Å². The number of nitrogens with zero attached hydrogens (tertiary/aromatic N) is 1. The molecular weight excluding hydrogens is 350 g/mol. The van der Waals surface area contributed by atoms with Crippen molar-refractivity contribution in [2.45, 2.75) is 12.5 Å². The van der Waals surface area contributed by atoms with Gasteiger partial charge in [-0.3, -0.25) is 9.59 Å². The van der Waals surface area contributed by atoms with Crippen LogP contribution in [-0.2, 0) is 4.79 Å². The zero-order valence-corrected chi connectivity index (χ0v) is 15.3. The highest BCUT2D eigenvalue weighted by atomic mass is 16.2. The minimum absolute atomic E-state index is 0.0781. The first-order valence-electron chi connectivity index (χ1n) is 9.00. The Bertz CT molecular complexity index is 926. The Labute approximate surface area is 164 Å². The lowest BCUT2D eigenvalue weighted by molar-refractivity contribution is -0.121. The highest BCUT2D eigenvalue weighted by Gasteiger charge is 2.19. The molecule has 0 heterocycles. The number of amides is 2. The smallest absolute Gasteiger partial charge is 0.251 e. The molecule has 0 aliphatic carbocycles. The van der Waals surface area contributed by atoms with E-state index in [-0.39, 0.29) is 18.2 Å². The van der Waals surface area contributed by atoms with Crippen LogP contribution in [0.1, 0.15) is 33.9 Å². The van der Waals surface area contributed by atoms with Gasteiger partial charge < -0.3 is 5.32 Å². The van der Waals surface area contributed by atoms with Crippen LogP contribution in [0.25, 0.3) is 0 Å². The summed E-state index contributed by atoms with van der Waals surface area (Å²) in [6, 6.07) is 27.4. The monoisotopic (exact) mass is 371 g/mol. The highest BCUT2D eigenvalue weighted by Crippen LogP contribution is 2.17. The molecule has 1 atom stereocenters. The fourth-order valence-corrected chi connectivity index (χ4v) is 2.72. The van der Waals surface area contributed by atoms with Gasteiger partial charge in [0.25, 0.3) is 5.91 Å². The summed E-state index contributed by atoms with van der Waals surface area (Å²) < 4.78 is 0. The van der Waals surface area contributed by atoms with Gasteiger partial charge in [0.05, 0.1) is 18.7 Å². The predicted molar refractivity (Wildman–Crippen MR) is 110 cm³/mol. The van der Waals surface area contributed by atoms with Gasteiger partial charge in [0.1, 0.15) is 0 Å². The number of rotatable bonds is 7. The Morgan fingerprint density at radius 2 is 1.39 bits per heavy atom. The Morgan fingerprint density at radius 1 is 0.821 bits per heavy atom. The first-order chi connectivity index (χ1) is 13.7. The summed E-state index contributed by atoms with van der Waals surface area (Å²) in [5, 5.41) is 6.93. The number of carbonyl (C=O) groups excluding carboxylic acids is 2. The molecule has 3 aromatic carbocycles. The largest absolute Gasteiger partial charge is 0.345 e. The highest BCUT2D eigenvalue weighted by molar-refractivity contribution is 5.94. The molecule has 28 heavy (non-hydrogen) atoms. The maximum absolute atomic E-state index is 12.5. The molecule has 3 rings (SSSR count). The molecule has 5 nitrogen and oxygen atoms in total. The zero-order chi connectivity index (χ0) is 19.6. The first-order valence-corrected chi connectivity index (χ1v) is 9.00. The van der Waals surface area contributed by atoms with Gasteiger partial charge in [-0.1, -0.05) is 78.9 Å².